The van der Waals surface area contributed by atoms with E-state index in [0.717, 1.165) is 15.3 Å². The molecule has 1 saturated heterocycles. The molecule has 8 nitrogen and oxygen atoms in total. The Labute approximate surface area is 220 Å². The van der Waals surface area contributed by atoms with Crippen LogP contribution in [0.5, 0.6) is 0 Å². The third-order valence-electron chi connectivity index (χ3n) is 6.61. The summed E-state index contributed by atoms with van der Waals surface area (Å²) in [6.07, 6.45) is -0.534. The highest BCUT2D eigenvalue weighted by Crippen LogP contribution is 2.37. The zero-order valence-electron chi connectivity index (χ0n) is 22.6. The van der Waals surface area contributed by atoms with Gasteiger partial charge in [-0.05, 0) is 42.6 Å². The van der Waals surface area contributed by atoms with Gasteiger partial charge in [-0.1, -0.05) is 81.4 Å². The molecule has 0 radical (unpaired) electrons. The van der Waals surface area contributed by atoms with Crippen LogP contribution in [0.3, 0.4) is 0 Å². The molecule has 2 aromatic carbocycles. The number of ether oxygens (including phenoxy) is 1. The number of hydrogen-bond donors (Lipinski definition) is 0. The number of carbonyl (C=O) groups is 2. The number of piperidine rings is 1. The summed E-state index contributed by atoms with van der Waals surface area (Å²) in [5.41, 5.74) is -0.793. The molecule has 1 aliphatic rings. The van der Waals surface area contributed by atoms with Gasteiger partial charge in [0.15, 0.2) is 0 Å². The van der Waals surface area contributed by atoms with Gasteiger partial charge in [0, 0.05) is 17.3 Å². The molecule has 0 unspecified atom stereocenters. The van der Waals surface area contributed by atoms with Crippen LogP contribution < -0.4 is 10.4 Å². The number of amides is 2. The fourth-order valence-electron chi connectivity index (χ4n) is 5.16. The number of likely N-dealkylation sites (tertiary alicyclic amines) is 1. The molecular weight excluding hydrogens is 488 g/mol. The van der Waals surface area contributed by atoms with Gasteiger partial charge in [-0.3, -0.25) is 14.9 Å². The summed E-state index contributed by atoms with van der Waals surface area (Å²) in [7, 11) is -2.94. The van der Waals surface area contributed by atoms with Gasteiger partial charge in [-0.2, -0.15) is 0 Å². The molecule has 2 aromatic rings. The molecule has 0 aromatic heterocycles. The van der Waals surface area contributed by atoms with E-state index in [0.29, 0.717) is 0 Å². The first-order valence-corrected chi connectivity index (χ1v) is 14.6. The van der Waals surface area contributed by atoms with E-state index in [-0.39, 0.29) is 31.0 Å². The fourth-order valence-corrected chi connectivity index (χ4v) is 9.76. The number of benzene rings is 2. The highest BCUT2D eigenvalue weighted by Gasteiger charge is 2.51. The number of nitro groups is 1. The molecule has 0 spiro atoms. The van der Waals surface area contributed by atoms with Crippen LogP contribution in [0, 0.1) is 16.0 Å². The van der Waals surface area contributed by atoms with E-state index < -0.39 is 42.8 Å². The van der Waals surface area contributed by atoms with Gasteiger partial charge in [-0.15, -0.1) is 0 Å². The summed E-state index contributed by atoms with van der Waals surface area (Å²) in [6, 6.07) is 19.5. The first kappa shape index (κ1) is 28.5. The van der Waals surface area contributed by atoms with Crippen molar-refractivity contribution in [1.82, 2.24) is 4.90 Å². The quantitative estimate of drug-likeness (QED) is 0.302. The van der Waals surface area contributed by atoms with Gasteiger partial charge in [0.2, 0.25) is 12.5 Å². The van der Waals surface area contributed by atoms with Crippen molar-refractivity contribution in [1.29, 1.82) is 0 Å². The summed E-state index contributed by atoms with van der Waals surface area (Å²) in [6.45, 7) is 11.4. The molecule has 1 heterocycles. The van der Waals surface area contributed by atoms with Gasteiger partial charge >= 0.3 is 6.09 Å². The topological polar surface area (TPSA) is 99.0 Å². The van der Waals surface area contributed by atoms with Crippen molar-refractivity contribution in [2.45, 2.75) is 71.1 Å². The molecule has 1 fully saturated rings. The van der Waals surface area contributed by atoms with Crippen LogP contribution in [0.1, 0.15) is 54.4 Å². The van der Waals surface area contributed by atoms with Crippen LogP contribution in [0.25, 0.3) is 0 Å². The van der Waals surface area contributed by atoms with Gasteiger partial charge in [0.05, 0.1) is 12.6 Å². The molecule has 9 heteroatoms. The fraction of sp³-hybridized carbons (Fsp3) is 0.500. The van der Waals surface area contributed by atoms with E-state index in [9.17, 15) is 19.7 Å². The van der Waals surface area contributed by atoms with Crippen molar-refractivity contribution >= 4 is 30.7 Å². The monoisotopic (exact) mass is 526 g/mol. The summed E-state index contributed by atoms with van der Waals surface area (Å²) in [4.78, 5) is 38.3. The van der Waals surface area contributed by atoms with Gasteiger partial charge in [0.1, 0.15) is 5.60 Å². The van der Waals surface area contributed by atoms with Gasteiger partial charge in [0.25, 0.3) is 8.32 Å². The van der Waals surface area contributed by atoms with Crippen molar-refractivity contribution in [3.05, 3.63) is 70.8 Å². The lowest BCUT2D eigenvalue weighted by molar-refractivity contribution is -0.488. The number of carbonyl (C=O) groups excluding carboxylic acids is 2. The van der Waals surface area contributed by atoms with Gasteiger partial charge < -0.3 is 9.16 Å². The number of imide groups is 1. The molecule has 0 aliphatic carbocycles. The number of hydrogen-bond acceptors (Lipinski definition) is 6. The summed E-state index contributed by atoms with van der Waals surface area (Å²) < 4.78 is 12.5. The summed E-state index contributed by atoms with van der Waals surface area (Å²) in [5, 5.41) is 13.1. The molecular formula is C28H38N2O6Si. The Morgan fingerprint density at radius 2 is 1.51 bits per heavy atom. The van der Waals surface area contributed by atoms with Crippen molar-refractivity contribution in [2.24, 2.45) is 5.92 Å². The Balaban J connectivity index is 2.04. The largest absolute Gasteiger partial charge is 0.443 e. The molecule has 1 aliphatic heterocycles. The summed E-state index contributed by atoms with van der Waals surface area (Å²) in [5.74, 6) is -0.947. The van der Waals surface area contributed by atoms with Crippen LogP contribution >= 0.6 is 0 Å². The van der Waals surface area contributed by atoms with Crippen molar-refractivity contribution in [3.8, 4) is 0 Å². The molecule has 0 saturated carbocycles. The maximum absolute atomic E-state index is 13.1. The lowest BCUT2D eigenvalue weighted by Crippen LogP contribution is -2.68. The Bertz CT molecular complexity index is 1060. The van der Waals surface area contributed by atoms with Crippen molar-refractivity contribution in [3.63, 3.8) is 0 Å². The Kier molecular flexibility index (Phi) is 8.59. The van der Waals surface area contributed by atoms with E-state index in [2.05, 4.69) is 45.0 Å². The van der Waals surface area contributed by atoms with E-state index in [4.69, 9.17) is 9.16 Å². The van der Waals surface area contributed by atoms with Crippen LogP contribution in [0.2, 0.25) is 5.04 Å². The Hall–Kier alpha value is -3.04. The second kappa shape index (κ2) is 11.1. The second-order valence-corrected chi connectivity index (χ2v) is 16.0. The number of rotatable bonds is 7. The van der Waals surface area contributed by atoms with Gasteiger partial charge in [-0.25, -0.2) is 9.69 Å². The molecule has 200 valence electrons. The average Bonchev–Trinajstić information content (AvgIpc) is 2.78. The maximum Gasteiger partial charge on any atom is 0.417 e. The highest BCUT2D eigenvalue weighted by molar-refractivity contribution is 6.99. The van der Waals surface area contributed by atoms with E-state index in [1.165, 1.54) is 0 Å². The standard InChI is InChI=1S/C28H38N2O6Si/c1-27(2,3)36-26(32)30-22(17-21(18-25(30)31)19-29(33)34)20-35-37(28(4,5)6,23-13-9-7-10-14-23)24-15-11-8-12-16-24/h7-16,21-22H,17-20H2,1-6H3/t21-,22-/m0/s1. The Morgan fingerprint density at radius 3 is 1.95 bits per heavy atom. The first-order valence-electron chi connectivity index (χ1n) is 12.7. The van der Waals surface area contributed by atoms with Crippen LogP contribution in [0.15, 0.2) is 60.7 Å². The zero-order valence-corrected chi connectivity index (χ0v) is 23.6. The van der Waals surface area contributed by atoms with E-state index >= 15 is 0 Å². The molecule has 0 bridgehead atoms. The van der Waals surface area contributed by atoms with E-state index in [1.54, 1.807) is 20.8 Å². The van der Waals surface area contributed by atoms with E-state index in [1.807, 2.05) is 36.4 Å². The lowest BCUT2D eigenvalue weighted by atomic mass is 9.91. The molecule has 37 heavy (non-hydrogen) atoms. The maximum atomic E-state index is 13.1. The minimum Gasteiger partial charge on any atom is -0.443 e. The normalized spacial score (nSPS) is 19.0. The van der Waals surface area contributed by atoms with Crippen LogP contribution in [0.4, 0.5) is 4.79 Å². The van der Waals surface area contributed by atoms with Crippen LogP contribution in [-0.2, 0) is 14.0 Å². The average molecular weight is 527 g/mol. The second-order valence-electron chi connectivity index (χ2n) is 11.7. The van der Waals surface area contributed by atoms with Crippen LogP contribution in [-0.4, -0.2) is 54.9 Å². The smallest absolute Gasteiger partial charge is 0.417 e. The third kappa shape index (κ3) is 6.64. The third-order valence-corrected chi connectivity index (χ3v) is 11.6. The predicted molar refractivity (Wildman–Crippen MR) is 145 cm³/mol. The first-order chi connectivity index (χ1) is 17.2. The predicted octanol–water partition coefficient (Wildman–Crippen LogP) is 4.38. The molecule has 2 atom stereocenters. The SMILES string of the molecule is CC(C)(C)OC(=O)N1C(=O)C[C@@H](C[N+](=O)[O-])C[C@H]1CO[Si](c1ccccc1)(c1ccccc1)C(C)(C)C. The summed E-state index contributed by atoms with van der Waals surface area (Å²) >= 11 is 0. The minimum atomic E-state index is -2.94. The zero-order chi connectivity index (χ0) is 27.4. The minimum absolute atomic E-state index is 0.0620. The number of nitrogens with zero attached hydrogens (tertiary/aromatic N) is 2. The van der Waals surface area contributed by atoms with Crippen molar-refractivity contribution in [2.75, 3.05) is 13.2 Å². The molecule has 0 N–H and O–H groups in total. The molecule has 2 amide bonds. The lowest BCUT2D eigenvalue weighted by Gasteiger charge is -2.45. The van der Waals surface area contributed by atoms with Crippen molar-refractivity contribution < 1.29 is 23.7 Å². The molecule has 3 rings (SSSR count). The Morgan fingerprint density at radius 1 is 1.00 bits per heavy atom. The highest BCUT2D eigenvalue weighted by atomic mass is 28.4.